The lowest BCUT2D eigenvalue weighted by molar-refractivity contribution is -0.118. The number of hydrogen-bond donors (Lipinski definition) is 1. The standard InChI is InChI=1S/C17H16N4O/c1-11-3-5-13(18-8-11)15-7-17(22)20-10-16(21-15)14-6-4-12(2)9-19-14/h3-6,8-10H,7H2,1-2H3,(H,20,22). The second kappa shape index (κ2) is 5.89. The molecule has 5 nitrogen and oxygen atoms in total. The molecular weight excluding hydrogens is 276 g/mol. The fourth-order valence-corrected chi connectivity index (χ4v) is 2.11. The van der Waals surface area contributed by atoms with E-state index in [1.54, 1.807) is 18.6 Å². The molecule has 110 valence electrons. The van der Waals surface area contributed by atoms with E-state index in [4.69, 9.17) is 0 Å². The van der Waals surface area contributed by atoms with Crippen LogP contribution >= 0.6 is 0 Å². The highest BCUT2D eigenvalue weighted by molar-refractivity contribution is 6.12. The molecule has 0 spiro atoms. The minimum absolute atomic E-state index is 0.108. The van der Waals surface area contributed by atoms with Crippen LogP contribution in [0.15, 0.2) is 47.9 Å². The molecule has 0 bridgehead atoms. The molecule has 0 saturated carbocycles. The first-order valence-corrected chi connectivity index (χ1v) is 7.05. The van der Waals surface area contributed by atoms with Crippen molar-refractivity contribution in [2.75, 3.05) is 0 Å². The lowest BCUT2D eigenvalue weighted by atomic mass is 10.1. The Morgan fingerprint density at radius 2 is 1.59 bits per heavy atom. The second-order valence-electron chi connectivity index (χ2n) is 5.27. The van der Waals surface area contributed by atoms with E-state index in [9.17, 15) is 4.79 Å². The number of aromatic nitrogens is 2. The summed E-state index contributed by atoms with van der Waals surface area (Å²) in [6.07, 6.45) is 5.35. The molecule has 5 heteroatoms. The van der Waals surface area contributed by atoms with Crippen LogP contribution in [0.2, 0.25) is 0 Å². The number of aliphatic imine (C=N–C) groups is 1. The molecule has 1 aliphatic heterocycles. The Bertz CT molecular complexity index is 758. The fraction of sp³-hybridized carbons (Fsp3) is 0.176. The molecule has 0 saturated heterocycles. The Kier molecular flexibility index (Phi) is 3.78. The molecule has 0 radical (unpaired) electrons. The van der Waals surface area contributed by atoms with Crippen LogP contribution < -0.4 is 5.32 Å². The summed E-state index contributed by atoms with van der Waals surface area (Å²) in [6, 6.07) is 7.70. The van der Waals surface area contributed by atoms with Gasteiger partial charge in [-0.05, 0) is 37.1 Å². The van der Waals surface area contributed by atoms with Gasteiger partial charge in [-0.15, -0.1) is 0 Å². The van der Waals surface area contributed by atoms with Crippen molar-refractivity contribution in [1.29, 1.82) is 0 Å². The number of aryl methyl sites for hydroxylation is 2. The molecule has 0 unspecified atom stereocenters. The van der Waals surface area contributed by atoms with Gasteiger partial charge in [0.1, 0.15) is 5.70 Å². The van der Waals surface area contributed by atoms with Crippen molar-refractivity contribution in [3.8, 4) is 0 Å². The highest BCUT2D eigenvalue weighted by Crippen LogP contribution is 2.18. The highest BCUT2D eigenvalue weighted by atomic mass is 16.1. The predicted octanol–water partition coefficient (Wildman–Crippen LogP) is 2.40. The molecule has 0 aromatic carbocycles. The summed E-state index contributed by atoms with van der Waals surface area (Å²) in [4.78, 5) is 25.2. The lowest BCUT2D eigenvalue weighted by Crippen LogP contribution is -2.19. The quantitative estimate of drug-likeness (QED) is 0.924. The number of rotatable bonds is 2. The lowest BCUT2D eigenvalue weighted by Gasteiger charge is -2.05. The van der Waals surface area contributed by atoms with Crippen molar-refractivity contribution in [3.05, 3.63) is 65.4 Å². The fourth-order valence-electron chi connectivity index (χ4n) is 2.11. The van der Waals surface area contributed by atoms with Crippen LogP contribution in [0.5, 0.6) is 0 Å². The molecular formula is C17H16N4O. The third kappa shape index (κ3) is 3.09. The van der Waals surface area contributed by atoms with Crippen LogP contribution in [-0.2, 0) is 4.79 Å². The predicted molar refractivity (Wildman–Crippen MR) is 85.2 cm³/mol. The van der Waals surface area contributed by atoms with E-state index >= 15 is 0 Å². The number of carbonyl (C=O) groups is 1. The molecule has 3 heterocycles. The molecule has 2 aromatic heterocycles. The summed E-state index contributed by atoms with van der Waals surface area (Å²) in [5.41, 5.74) is 4.84. The largest absolute Gasteiger partial charge is 0.330 e. The molecule has 1 N–H and O–H groups in total. The monoisotopic (exact) mass is 292 g/mol. The van der Waals surface area contributed by atoms with E-state index in [1.807, 2.05) is 38.1 Å². The van der Waals surface area contributed by atoms with Crippen molar-refractivity contribution in [3.63, 3.8) is 0 Å². The molecule has 2 aromatic rings. The van der Waals surface area contributed by atoms with Gasteiger partial charge in [-0.25, -0.2) is 4.99 Å². The topological polar surface area (TPSA) is 67.2 Å². The Balaban J connectivity index is 2.01. The van der Waals surface area contributed by atoms with Gasteiger partial charge in [-0.3, -0.25) is 14.8 Å². The minimum atomic E-state index is -0.108. The van der Waals surface area contributed by atoms with Crippen LogP contribution in [0.1, 0.15) is 28.9 Å². The Morgan fingerprint density at radius 3 is 2.18 bits per heavy atom. The van der Waals surface area contributed by atoms with Crippen LogP contribution in [0.25, 0.3) is 5.70 Å². The third-order valence-electron chi connectivity index (χ3n) is 3.33. The Labute approximate surface area is 128 Å². The summed E-state index contributed by atoms with van der Waals surface area (Å²) >= 11 is 0. The van der Waals surface area contributed by atoms with Gasteiger partial charge in [0.25, 0.3) is 0 Å². The Morgan fingerprint density at radius 1 is 0.955 bits per heavy atom. The van der Waals surface area contributed by atoms with E-state index in [0.717, 1.165) is 16.8 Å². The first kappa shape index (κ1) is 14.1. The highest BCUT2D eigenvalue weighted by Gasteiger charge is 2.16. The summed E-state index contributed by atoms with van der Waals surface area (Å²) in [5, 5.41) is 2.74. The summed E-state index contributed by atoms with van der Waals surface area (Å²) in [6.45, 7) is 3.95. The van der Waals surface area contributed by atoms with Crippen molar-refractivity contribution in [2.45, 2.75) is 20.3 Å². The van der Waals surface area contributed by atoms with Crippen LogP contribution in [0.4, 0.5) is 0 Å². The SMILES string of the molecule is Cc1ccc(C2=CNC(=O)CC(c3ccc(C)cn3)=N2)nc1. The van der Waals surface area contributed by atoms with Crippen molar-refractivity contribution >= 4 is 17.3 Å². The van der Waals surface area contributed by atoms with Crippen LogP contribution in [0.3, 0.4) is 0 Å². The molecule has 1 amide bonds. The van der Waals surface area contributed by atoms with Crippen molar-refractivity contribution in [2.24, 2.45) is 4.99 Å². The van der Waals surface area contributed by atoms with Gasteiger partial charge in [0.2, 0.25) is 5.91 Å². The zero-order chi connectivity index (χ0) is 15.5. The number of nitrogens with zero attached hydrogens (tertiary/aromatic N) is 3. The van der Waals surface area contributed by atoms with Gasteiger partial charge < -0.3 is 5.32 Å². The van der Waals surface area contributed by atoms with Gasteiger partial charge in [0.05, 0.1) is 23.5 Å². The van der Waals surface area contributed by atoms with E-state index in [-0.39, 0.29) is 12.3 Å². The molecule has 0 atom stereocenters. The number of amides is 1. The average Bonchev–Trinajstić information content (AvgIpc) is 2.71. The van der Waals surface area contributed by atoms with Crippen molar-refractivity contribution < 1.29 is 4.79 Å². The normalized spacial score (nSPS) is 14.7. The minimum Gasteiger partial charge on any atom is -0.330 e. The molecule has 0 aliphatic carbocycles. The zero-order valence-electron chi connectivity index (χ0n) is 12.5. The van der Waals surface area contributed by atoms with Gasteiger partial charge in [0, 0.05) is 18.6 Å². The van der Waals surface area contributed by atoms with Crippen LogP contribution in [-0.4, -0.2) is 21.6 Å². The number of carbonyl (C=O) groups excluding carboxylic acids is 1. The smallest absolute Gasteiger partial charge is 0.230 e. The van der Waals surface area contributed by atoms with E-state index < -0.39 is 0 Å². The third-order valence-corrected chi connectivity index (χ3v) is 3.33. The summed E-state index contributed by atoms with van der Waals surface area (Å²) in [7, 11) is 0. The maximum atomic E-state index is 11.9. The van der Waals surface area contributed by atoms with Gasteiger partial charge in [0.15, 0.2) is 0 Å². The van der Waals surface area contributed by atoms with E-state index in [2.05, 4.69) is 20.3 Å². The number of hydrogen-bond acceptors (Lipinski definition) is 4. The summed E-state index contributed by atoms with van der Waals surface area (Å²) < 4.78 is 0. The molecule has 22 heavy (non-hydrogen) atoms. The molecule has 0 fully saturated rings. The van der Waals surface area contributed by atoms with E-state index in [1.165, 1.54) is 0 Å². The number of nitrogens with one attached hydrogen (secondary N) is 1. The molecule has 3 rings (SSSR count). The maximum absolute atomic E-state index is 11.9. The first-order valence-electron chi connectivity index (χ1n) is 7.05. The van der Waals surface area contributed by atoms with Crippen LogP contribution in [0, 0.1) is 13.8 Å². The first-order chi connectivity index (χ1) is 10.6. The van der Waals surface area contributed by atoms with E-state index in [0.29, 0.717) is 17.1 Å². The van der Waals surface area contributed by atoms with Crippen molar-refractivity contribution in [1.82, 2.24) is 15.3 Å². The number of pyridine rings is 2. The second-order valence-corrected chi connectivity index (χ2v) is 5.27. The summed E-state index contributed by atoms with van der Waals surface area (Å²) in [5.74, 6) is -0.108. The van der Waals surface area contributed by atoms with Gasteiger partial charge in [-0.2, -0.15) is 0 Å². The van der Waals surface area contributed by atoms with Gasteiger partial charge >= 0.3 is 0 Å². The average molecular weight is 292 g/mol. The zero-order valence-corrected chi connectivity index (χ0v) is 12.5. The maximum Gasteiger partial charge on any atom is 0.230 e. The van der Waals surface area contributed by atoms with Gasteiger partial charge in [-0.1, -0.05) is 12.1 Å². The Hall–Kier alpha value is -2.82. The molecule has 1 aliphatic rings.